The monoisotopic (exact) mass is 407 g/mol. The molecule has 0 radical (unpaired) electrons. The summed E-state index contributed by atoms with van der Waals surface area (Å²) >= 11 is 5.19. The van der Waals surface area contributed by atoms with Crippen LogP contribution >= 0.6 is 12.2 Å². The van der Waals surface area contributed by atoms with Crippen molar-refractivity contribution in [2.75, 3.05) is 18.4 Å². The number of hydrogen-bond donors (Lipinski definition) is 2. The minimum atomic E-state index is -0.308. The highest BCUT2D eigenvalue weighted by Crippen LogP contribution is 2.19. The Morgan fingerprint density at radius 1 is 1.03 bits per heavy atom. The molecule has 1 saturated heterocycles. The van der Waals surface area contributed by atoms with Crippen LogP contribution in [0.2, 0.25) is 0 Å². The van der Waals surface area contributed by atoms with Crippen molar-refractivity contribution in [3.63, 3.8) is 0 Å². The molecule has 0 aliphatic carbocycles. The molecule has 0 aromatic heterocycles. The first-order valence-corrected chi connectivity index (χ1v) is 10.2. The van der Waals surface area contributed by atoms with Gasteiger partial charge in [0, 0.05) is 30.4 Å². The van der Waals surface area contributed by atoms with Crippen molar-refractivity contribution in [3.8, 4) is 0 Å². The minimum absolute atomic E-state index is 0.0605. The zero-order chi connectivity index (χ0) is 20.6. The van der Waals surface area contributed by atoms with Gasteiger partial charge in [0.15, 0.2) is 5.11 Å². The van der Waals surface area contributed by atoms with Crippen LogP contribution in [-0.2, 0) is 4.79 Å². The summed E-state index contributed by atoms with van der Waals surface area (Å²) in [6.45, 7) is 3.85. The number of nitrogens with one attached hydrogen (secondary N) is 2. The quantitative estimate of drug-likeness (QED) is 0.592. The van der Waals surface area contributed by atoms with Crippen LogP contribution in [0, 0.1) is 5.92 Å². The van der Waals surface area contributed by atoms with Gasteiger partial charge in [0.25, 0.3) is 5.91 Å². The molecule has 1 aliphatic heterocycles. The van der Waals surface area contributed by atoms with E-state index >= 15 is 0 Å². The molecular formula is C23H25N3O2S. The molecule has 6 heteroatoms. The molecule has 1 fully saturated rings. The molecule has 0 unspecified atom stereocenters. The van der Waals surface area contributed by atoms with Gasteiger partial charge in [-0.3, -0.25) is 14.9 Å². The van der Waals surface area contributed by atoms with Gasteiger partial charge in [0.1, 0.15) is 0 Å². The molecule has 5 nitrogen and oxygen atoms in total. The van der Waals surface area contributed by atoms with Gasteiger partial charge in [-0.2, -0.15) is 0 Å². The number of carbonyl (C=O) groups excluding carboxylic acids is 2. The van der Waals surface area contributed by atoms with Crippen LogP contribution in [0.1, 0.15) is 35.7 Å². The van der Waals surface area contributed by atoms with E-state index in [2.05, 4.69) is 17.6 Å². The van der Waals surface area contributed by atoms with E-state index in [1.54, 1.807) is 30.3 Å². The highest BCUT2D eigenvalue weighted by Gasteiger charge is 2.21. The van der Waals surface area contributed by atoms with Gasteiger partial charge in [0.2, 0.25) is 5.91 Å². The fourth-order valence-corrected chi connectivity index (χ4v) is 3.36. The van der Waals surface area contributed by atoms with Crippen LogP contribution in [0.3, 0.4) is 0 Å². The van der Waals surface area contributed by atoms with Crippen molar-refractivity contribution in [1.29, 1.82) is 0 Å². The topological polar surface area (TPSA) is 61.4 Å². The van der Waals surface area contributed by atoms with Crippen LogP contribution in [0.15, 0.2) is 60.7 Å². The fraction of sp³-hybridized carbons (Fsp3) is 0.261. The summed E-state index contributed by atoms with van der Waals surface area (Å²) in [6, 6.07) is 16.7. The van der Waals surface area contributed by atoms with E-state index in [1.165, 1.54) is 6.08 Å². The third-order valence-corrected chi connectivity index (χ3v) is 5.13. The first-order valence-electron chi connectivity index (χ1n) is 9.76. The van der Waals surface area contributed by atoms with Gasteiger partial charge in [-0.05, 0) is 66.9 Å². The highest BCUT2D eigenvalue weighted by atomic mass is 32.1. The number of piperidine rings is 1. The summed E-state index contributed by atoms with van der Waals surface area (Å²) < 4.78 is 0. The lowest BCUT2D eigenvalue weighted by atomic mass is 9.98. The lowest BCUT2D eigenvalue weighted by Crippen LogP contribution is -2.37. The summed E-state index contributed by atoms with van der Waals surface area (Å²) in [7, 11) is 0. The Labute approximate surface area is 176 Å². The molecule has 0 atom stereocenters. The molecule has 1 heterocycles. The summed E-state index contributed by atoms with van der Waals surface area (Å²) in [5.41, 5.74) is 2.31. The fourth-order valence-electron chi connectivity index (χ4n) is 3.14. The predicted molar refractivity (Wildman–Crippen MR) is 121 cm³/mol. The Morgan fingerprint density at radius 2 is 1.69 bits per heavy atom. The van der Waals surface area contributed by atoms with E-state index < -0.39 is 0 Å². The third kappa shape index (κ3) is 6.26. The van der Waals surface area contributed by atoms with Crippen LogP contribution in [0.5, 0.6) is 0 Å². The molecule has 0 bridgehead atoms. The van der Waals surface area contributed by atoms with Crippen LogP contribution in [-0.4, -0.2) is 34.9 Å². The second-order valence-corrected chi connectivity index (χ2v) is 7.65. The maximum atomic E-state index is 12.6. The first kappa shape index (κ1) is 20.7. The SMILES string of the molecule is CC1CCN(C(=O)c2ccc(NC(=S)NC(=O)/C=C/c3ccccc3)cc2)CC1. The molecule has 2 aromatic carbocycles. The summed E-state index contributed by atoms with van der Waals surface area (Å²) in [5.74, 6) is 0.437. The largest absolute Gasteiger partial charge is 0.339 e. The second-order valence-electron chi connectivity index (χ2n) is 7.24. The zero-order valence-electron chi connectivity index (χ0n) is 16.4. The average Bonchev–Trinajstić information content (AvgIpc) is 2.73. The van der Waals surface area contributed by atoms with Crippen molar-refractivity contribution >= 4 is 40.9 Å². The zero-order valence-corrected chi connectivity index (χ0v) is 17.2. The van der Waals surface area contributed by atoms with Crippen molar-refractivity contribution < 1.29 is 9.59 Å². The molecule has 0 spiro atoms. The number of amides is 2. The van der Waals surface area contributed by atoms with Gasteiger partial charge >= 0.3 is 0 Å². The van der Waals surface area contributed by atoms with E-state index in [0.29, 0.717) is 17.2 Å². The van der Waals surface area contributed by atoms with Gasteiger partial charge in [-0.1, -0.05) is 37.3 Å². The Hall–Kier alpha value is -2.99. The first-order chi connectivity index (χ1) is 14.0. The van der Waals surface area contributed by atoms with E-state index in [9.17, 15) is 9.59 Å². The average molecular weight is 408 g/mol. The summed E-state index contributed by atoms with van der Waals surface area (Å²) in [5, 5.41) is 5.78. The number of benzene rings is 2. The van der Waals surface area contributed by atoms with E-state index in [1.807, 2.05) is 35.2 Å². The number of thiocarbonyl (C=S) groups is 1. The number of rotatable bonds is 4. The second kappa shape index (κ2) is 9.98. The Balaban J connectivity index is 1.50. The van der Waals surface area contributed by atoms with Crippen molar-refractivity contribution in [1.82, 2.24) is 10.2 Å². The van der Waals surface area contributed by atoms with Crippen LogP contribution in [0.4, 0.5) is 5.69 Å². The number of hydrogen-bond acceptors (Lipinski definition) is 3. The standard InChI is InChI=1S/C23H25N3O2S/c1-17-13-15-26(16-14-17)22(28)19-8-10-20(11-9-19)24-23(29)25-21(27)12-7-18-5-3-2-4-6-18/h2-12,17H,13-16H2,1H3,(H2,24,25,27,29)/b12-7+. The molecule has 150 valence electrons. The number of likely N-dealkylation sites (tertiary alicyclic amines) is 1. The van der Waals surface area contributed by atoms with Crippen molar-refractivity contribution in [3.05, 3.63) is 71.8 Å². The Bertz CT molecular complexity index is 886. The van der Waals surface area contributed by atoms with E-state index in [4.69, 9.17) is 12.2 Å². The smallest absolute Gasteiger partial charge is 0.253 e. The van der Waals surface area contributed by atoms with Crippen LogP contribution < -0.4 is 10.6 Å². The number of carbonyl (C=O) groups is 2. The minimum Gasteiger partial charge on any atom is -0.339 e. The Kier molecular flexibility index (Phi) is 7.14. The maximum absolute atomic E-state index is 12.6. The number of nitrogens with zero attached hydrogens (tertiary/aromatic N) is 1. The van der Waals surface area contributed by atoms with Crippen molar-refractivity contribution in [2.24, 2.45) is 5.92 Å². The normalized spacial score (nSPS) is 14.6. The summed E-state index contributed by atoms with van der Waals surface area (Å²) in [6.07, 6.45) is 5.26. The molecular weight excluding hydrogens is 382 g/mol. The molecule has 2 N–H and O–H groups in total. The van der Waals surface area contributed by atoms with E-state index in [-0.39, 0.29) is 16.9 Å². The van der Waals surface area contributed by atoms with Gasteiger partial charge in [0.05, 0.1) is 0 Å². The predicted octanol–water partition coefficient (Wildman–Crippen LogP) is 4.09. The van der Waals surface area contributed by atoms with Gasteiger partial charge < -0.3 is 10.2 Å². The van der Waals surface area contributed by atoms with Crippen molar-refractivity contribution in [2.45, 2.75) is 19.8 Å². The Morgan fingerprint density at radius 3 is 2.34 bits per heavy atom. The molecule has 2 aromatic rings. The lowest BCUT2D eigenvalue weighted by Gasteiger charge is -2.30. The number of anilines is 1. The molecule has 1 aliphatic rings. The molecule has 29 heavy (non-hydrogen) atoms. The lowest BCUT2D eigenvalue weighted by molar-refractivity contribution is -0.115. The molecule has 0 saturated carbocycles. The van der Waals surface area contributed by atoms with Crippen LogP contribution in [0.25, 0.3) is 6.08 Å². The molecule has 3 rings (SSSR count). The molecule has 2 amide bonds. The summed E-state index contributed by atoms with van der Waals surface area (Å²) in [4.78, 5) is 26.5. The van der Waals surface area contributed by atoms with E-state index in [0.717, 1.165) is 31.5 Å². The highest BCUT2D eigenvalue weighted by molar-refractivity contribution is 7.80. The third-order valence-electron chi connectivity index (χ3n) is 4.92. The van der Waals surface area contributed by atoms with Gasteiger partial charge in [-0.15, -0.1) is 0 Å². The van der Waals surface area contributed by atoms with Gasteiger partial charge in [-0.25, -0.2) is 0 Å². The maximum Gasteiger partial charge on any atom is 0.253 e.